The lowest BCUT2D eigenvalue weighted by Gasteiger charge is -2.34. The zero-order valence-electron chi connectivity index (χ0n) is 21.5. The smallest absolute Gasteiger partial charge is 0.233 e. The third-order valence-electron chi connectivity index (χ3n) is 7.79. The van der Waals surface area contributed by atoms with Gasteiger partial charge in [0.15, 0.2) is 0 Å². The van der Waals surface area contributed by atoms with Gasteiger partial charge in [-0.1, -0.05) is 69.9 Å². The predicted octanol–water partition coefficient (Wildman–Crippen LogP) is 4.04. The lowest BCUT2D eigenvalue weighted by Crippen LogP contribution is -2.43. The minimum atomic E-state index is -0.345. The average Bonchev–Trinajstić information content (AvgIpc) is 3.38. The topological polar surface area (TPSA) is 90.0 Å². The molecular formula is C28H43N3O4. The zero-order valence-corrected chi connectivity index (χ0v) is 21.5. The van der Waals surface area contributed by atoms with Gasteiger partial charge in [0.2, 0.25) is 18.2 Å². The summed E-state index contributed by atoms with van der Waals surface area (Å²) >= 11 is 0. The molecule has 1 aromatic rings. The normalized spacial score (nSPS) is 18.3. The van der Waals surface area contributed by atoms with E-state index in [0.717, 1.165) is 58.0 Å². The van der Waals surface area contributed by atoms with Crippen LogP contribution in [0.2, 0.25) is 0 Å². The van der Waals surface area contributed by atoms with Crippen molar-refractivity contribution in [3.8, 4) is 0 Å². The quantitative estimate of drug-likeness (QED) is 0.266. The van der Waals surface area contributed by atoms with E-state index in [2.05, 4.69) is 29.6 Å². The van der Waals surface area contributed by atoms with E-state index in [1.807, 2.05) is 24.8 Å². The molecule has 2 aliphatic rings. The number of hydrogen-bond acceptors (Lipinski definition) is 4. The Morgan fingerprint density at radius 2 is 1.80 bits per heavy atom. The highest BCUT2D eigenvalue weighted by atomic mass is 16.5. The summed E-state index contributed by atoms with van der Waals surface area (Å²) in [7, 11) is 0. The van der Waals surface area contributed by atoms with Crippen molar-refractivity contribution in [2.45, 2.75) is 71.6 Å². The minimum absolute atomic E-state index is 0.0466. The largest absolute Gasteiger partial charge is 0.356 e. The van der Waals surface area contributed by atoms with Crippen molar-refractivity contribution >= 4 is 18.2 Å². The summed E-state index contributed by atoms with van der Waals surface area (Å²) in [5, 5.41) is 13.3. The summed E-state index contributed by atoms with van der Waals surface area (Å²) in [4.78, 5) is 38.5. The van der Waals surface area contributed by atoms with Gasteiger partial charge in [-0.3, -0.25) is 19.6 Å². The van der Waals surface area contributed by atoms with Crippen molar-refractivity contribution in [1.82, 2.24) is 15.3 Å². The Labute approximate surface area is 210 Å². The van der Waals surface area contributed by atoms with Gasteiger partial charge in [0.25, 0.3) is 0 Å². The van der Waals surface area contributed by atoms with Crippen LogP contribution >= 0.6 is 0 Å². The predicted molar refractivity (Wildman–Crippen MR) is 135 cm³/mol. The van der Waals surface area contributed by atoms with Gasteiger partial charge < -0.3 is 10.2 Å². The van der Waals surface area contributed by atoms with E-state index in [1.54, 1.807) is 0 Å². The Hall–Kier alpha value is -2.41. The summed E-state index contributed by atoms with van der Waals surface area (Å²) < 4.78 is 0. The number of hydrogen-bond donors (Lipinski definition) is 2. The zero-order chi connectivity index (χ0) is 25.3. The Morgan fingerprint density at radius 3 is 2.43 bits per heavy atom. The van der Waals surface area contributed by atoms with Gasteiger partial charge in [0, 0.05) is 32.5 Å². The number of hydroxylamine groups is 2. The van der Waals surface area contributed by atoms with Crippen molar-refractivity contribution in [3.63, 3.8) is 0 Å². The van der Waals surface area contributed by atoms with Crippen molar-refractivity contribution in [2.24, 2.45) is 23.2 Å². The SMILES string of the molecule is CC(C)(CNC(=O)CC(CN(O)C=O)C1CCCC1)CC(=O)N1CCC(Cc2ccccc2)CC1. The van der Waals surface area contributed by atoms with Crippen LogP contribution in [0.1, 0.15) is 70.8 Å². The molecule has 7 heteroatoms. The van der Waals surface area contributed by atoms with E-state index < -0.39 is 0 Å². The van der Waals surface area contributed by atoms with Crippen LogP contribution in [-0.2, 0) is 20.8 Å². The third kappa shape index (κ3) is 8.95. The molecule has 1 aliphatic carbocycles. The molecule has 7 nitrogen and oxygen atoms in total. The summed E-state index contributed by atoms with van der Waals surface area (Å²) in [6.07, 6.45) is 8.56. The van der Waals surface area contributed by atoms with E-state index in [9.17, 15) is 19.6 Å². The van der Waals surface area contributed by atoms with Gasteiger partial charge in [0.05, 0.1) is 6.54 Å². The second-order valence-corrected chi connectivity index (χ2v) is 11.4. The highest BCUT2D eigenvalue weighted by molar-refractivity contribution is 5.78. The number of amides is 3. The van der Waals surface area contributed by atoms with E-state index in [4.69, 9.17) is 0 Å². The van der Waals surface area contributed by atoms with E-state index in [0.29, 0.717) is 36.3 Å². The van der Waals surface area contributed by atoms with Crippen LogP contribution in [0.4, 0.5) is 0 Å². The van der Waals surface area contributed by atoms with Crippen LogP contribution in [-0.4, -0.2) is 59.6 Å². The van der Waals surface area contributed by atoms with E-state index >= 15 is 0 Å². The number of nitrogens with one attached hydrogen (secondary N) is 1. The molecule has 1 aromatic carbocycles. The van der Waals surface area contributed by atoms with Gasteiger partial charge in [-0.2, -0.15) is 0 Å². The molecule has 2 N–H and O–H groups in total. The molecule has 0 aromatic heterocycles. The van der Waals surface area contributed by atoms with Gasteiger partial charge in [-0.15, -0.1) is 0 Å². The first-order chi connectivity index (χ1) is 16.8. The standard InChI is InChI=1S/C28H43N3O4/c1-28(2,20-29-26(33)17-25(19-31(35)21-32)24-10-6-7-11-24)18-27(34)30-14-12-23(13-15-30)16-22-8-4-3-5-9-22/h3-5,8-9,21,23-25,35H,6-7,10-20H2,1-2H3,(H,29,33). The summed E-state index contributed by atoms with van der Waals surface area (Å²) in [5.41, 5.74) is 1.02. The monoisotopic (exact) mass is 485 g/mol. The van der Waals surface area contributed by atoms with Crippen molar-refractivity contribution < 1.29 is 19.6 Å². The minimum Gasteiger partial charge on any atom is -0.356 e. The maximum atomic E-state index is 13.0. The summed E-state index contributed by atoms with van der Waals surface area (Å²) in [6, 6.07) is 10.5. The molecule has 0 bridgehead atoms. The first-order valence-corrected chi connectivity index (χ1v) is 13.2. The summed E-state index contributed by atoms with van der Waals surface area (Å²) in [5.74, 6) is 1.01. The Bertz CT molecular complexity index is 815. The molecule has 3 rings (SSSR count). The highest BCUT2D eigenvalue weighted by Crippen LogP contribution is 2.33. The second-order valence-electron chi connectivity index (χ2n) is 11.4. The summed E-state index contributed by atoms with van der Waals surface area (Å²) in [6.45, 7) is 6.25. The molecule has 1 saturated heterocycles. The van der Waals surface area contributed by atoms with Crippen molar-refractivity contribution in [1.29, 1.82) is 0 Å². The average molecular weight is 486 g/mol. The molecule has 1 heterocycles. The Kier molecular flexibility index (Phi) is 10.1. The lowest BCUT2D eigenvalue weighted by molar-refractivity contribution is -0.154. The van der Waals surface area contributed by atoms with Crippen LogP contribution < -0.4 is 5.32 Å². The van der Waals surface area contributed by atoms with Gasteiger partial charge in [-0.25, -0.2) is 5.06 Å². The molecule has 3 amide bonds. The van der Waals surface area contributed by atoms with Crippen LogP contribution in [0.3, 0.4) is 0 Å². The fraction of sp³-hybridized carbons (Fsp3) is 0.679. The molecule has 1 atom stereocenters. The van der Waals surface area contributed by atoms with Crippen LogP contribution in [0.25, 0.3) is 0 Å². The fourth-order valence-electron chi connectivity index (χ4n) is 5.66. The second kappa shape index (κ2) is 13.1. The Balaban J connectivity index is 1.41. The maximum absolute atomic E-state index is 13.0. The molecule has 0 radical (unpaired) electrons. The third-order valence-corrected chi connectivity index (χ3v) is 7.79. The number of carbonyl (C=O) groups is 3. The van der Waals surface area contributed by atoms with Gasteiger partial charge in [0.1, 0.15) is 0 Å². The molecular weight excluding hydrogens is 442 g/mol. The first-order valence-electron chi connectivity index (χ1n) is 13.2. The van der Waals surface area contributed by atoms with Crippen molar-refractivity contribution in [3.05, 3.63) is 35.9 Å². The highest BCUT2D eigenvalue weighted by Gasteiger charge is 2.31. The number of piperidine rings is 1. The number of nitrogens with zero attached hydrogens (tertiary/aromatic N) is 2. The Morgan fingerprint density at radius 1 is 1.14 bits per heavy atom. The number of benzene rings is 1. The fourth-order valence-corrected chi connectivity index (χ4v) is 5.66. The molecule has 1 aliphatic heterocycles. The molecule has 1 unspecified atom stereocenters. The maximum Gasteiger partial charge on any atom is 0.233 e. The number of rotatable bonds is 12. The molecule has 35 heavy (non-hydrogen) atoms. The van der Waals surface area contributed by atoms with Gasteiger partial charge in [-0.05, 0) is 48.0 Å². The van der Waals surface area contributed by atoms with Crippen molar-refractivity contribution in [2.75, 3.05) is 26.2 Å². The van der Waals surface area contributed by atoms with Gasteiger partial charge >= 0.3 is 0 Å². The van der Waals surface area contributed by atoms with Crippen LogP contribution in [0.15, 0.2) is 30.3 Å². The number of carbonyl (C=O) groups excluding carboxylic acids is 3. The molecule has 1 saturated carbocycles. The molecule has 0 spiro atoms. The molecule has 194 valence electrons. The van der Waals surface area contributed by atoms with E-state index in [-0.39, 0.29) is 36.1 Å². The van der Waals surface area contributed by atoms with Crippen LogP contribution in [0, 0.1) is 23.2 Å². The van der Waals surface area contributed by atoms with E-state index in [1.165, 1.54) is 5.56 Å². The first kappa shape index (κ1) is 27.2. The van der Waals surface area contributed by atoms with Crippen LogP contribution in [0.5, 0.6) is 0 Å². The number of likely N-dealkylation sites (tertiary alicyclic amines) is 1. The lowest BCUT2D eigenvalue weighted by atomic mass is 9.86. The molecule has 2 fully saturated rings.